The molecule has 3 aromatic rings. The van der Waals surface area contributed by atoms with E-state index in [0.29, 0.717) is 11.6 Å². The Morgan fingerprint density at radius 2 is 2.00 bits per heavy atom. The Hall–Kier alpha value is -2.73. The van der Waals surface area contributed by atoms with Crippen molar-refractivity contribution in [2.24, 2.45) is 5.84 Å². The van der Waals surface area contributed by atoms with Gasteiger partial charge in [0, 0.05) is 36.0 Å². The number of benzene rings is 1. The molecular weight excluding hydrogens is 264 g/mol. The molecule has 3 rings (SSSR count). The van der Waals surface area contributed by atoms with Gasteiger partial charge in [0.15, 0.2) is 0 Å². The highest BCUT2D eigenvalue weighted by atomic mass is 15.3. The van der Waals surface area contributed by atoms with Gasteiger partial charge in [-0.15, -0.1) is 0 Å². The highest BCUT2D eigenvalue weighted by molar-refractivity contribution is 5.94. The zero-order valence-electron chi connectivity index (χ0n) is 11.7. The van der Waals surface area contributed by atoms with E-state index in [0.717, 1.165) is 28.7 Å². The molecule has 6 heteroatoms. The lowest BCUT2D eigenvalue weighted by Gasteiger charge is -2.11. The molecule has 2 heterocycles. The number of pyridine rings is 1. The molecule has 0 amide bonds. The van der Waals surface area contributed by atoms with Crippen LogP contribution in [0.2, 0.25) is 0 Å². The quantitative estimate of drug-likeness (QED) is 0.503. The molecule has 0 aliphatic heterocycles. The summed E-state index contributed by atoms with van der Waals surface area (Å²) < 4.78 is 0. The van der Waals surface area contributed by atoms with Crippen LogP contribution in [0.1, 0.15) is 12.7 Å². The highest BCUT2D eigenvalue weighted by Crippen LogP contribution is 2.25. The number of rotatable bonds is 4. The number of nitrogens with one attached hydrogen (secondary N) is 2. The molecule has 21 heavy (non-hydrogen) atoms. The van der Waals surface area contributed by atoms with Gasteiger partial charge < -0.3 is 10.7 Å². The van der Waals surface area contributed by atoms with Crippen LogP contribution in [-0.4, -0.2) is 15.0 Å². The second-order valence-corrected chi connectivity index (χ2v) is 4.58. The van der Waals surface area contributed by atoms with Crippen molar-refractivity contribution in [3.05, 3.63) is 48.5 Å². The van der Waals surface area contributed by atoms with Crippen LogP contribution in [0.3, 0.4) is 0 Å². The molecule has 1 aromatic carbocycles. The number of hydrogen-bond acceptors (Lipinski definition) is 6. The van der Waals surface area contributed by atoms with Crippen molar-refractivity contribution >= 4 is 28.1 Å². The van der Waals surface area contributed by atoms with Crippen LogP contribution in [-0.2, 0) is 6.42 Å². The predicted molar refractivity (Wildman–Crippen MR) is 84.2 cm³/mol. The third-order valence-corrected chi connectivity index (χ3v) is 3.18. The van der Waals surface area contributed by atoms with E-state index < -0.39 is 0 Å². The maximum absolute atomic E-state index is 5.45. The van der Waals surface area contributed by atoms with Crippen LogP contribution in [0.15, 0.2) is 42.7 Å². The molecule has 0 aliphatic rings. The monoisotopic (exact) mass is 280 g/mol. The maximum Gasteiger partial charge on any atom is 0.145 e. The predicted octanol–water partition coefficient (Wildman–Crippen LogP) is 2.62. The van der Waals surface area contributed by atoms with Crippen molar-refractivity contribution in [1.29, 1.82) is 0 Å². The van der Waals surface area contributed by atoms with Gasteiger partial charge in [-0.2, -0.15) is 0 Å². The number of fused-ring (bicyclic) bond motifs is 1. The van der Waals surface area contributed by atoms with Crippen LogP contribution in [0.5, 0.6) is 0 Å². The maximum atomic E-state index is 5.45. The first kappa shape index (κ1) is 13.3. The van der Waals surface area contributed by atoms with E-state index >= 15 is 0 Å². The summed E-state index contributed by atoms with van der Waals surface area (Å²) in [5, 5.41) is 5.47. The summed E-state index contributed by atoms with van der Waals surface area (Å²) >= 11 is 0. The molecule has 0 bridgehead atoms. The first-order chi connectivity index (χ1) is 10.3. The van der Waals surface area contributed by atoms with Crippen molar-refractivity contribution in [3.63, 3.8) is 0 Å². The van der Waals surface area contributed by atoms with Crippen LogP contribution in [0.4, 0.5) is 17.3 Å². The fraction of sp³-hybridized carbons (Fsp3) is 0.133. The summed E-state index contributed by atoms with van der Waals surface area (Å²) in [5.74, 6) is 7.46. The lowest BCUT2D eigenvalue weighted by molar-refractivity contribution is 0.941. The number of aryl methyl sites for hydroxylation is 1. The van der Waals surface area contributed by atoms with E-state index in [2.05, 4.69) is 25.7 Å². The van der Waals surface area contributed by atoms with Gasteiger partial charge >= 0.3 is 0 Å². The molecule has 0 fully saturated rings. The van der Waals surface area contributed by atoms with E-state index in [1.54, 1.807) is 12.3 Å². The highest BCUT2D eigenvalue weighted by Gasteiger charge is 2.05. The summed E-state index contributed by atoms with van der Waals surface area (Å²) in [7, 11) is 0. The Morgan fingerprint density at radius 1 is 1.14 bits per heavy atom. The van der Waals surface area contributed by atoms with Crippen LogP contribution < -0.4 is 16.6 Å². The number of hydrazine groups is 1. The zero-order valence-corrected chi connectivity index (χ0v) is 11.7. The summed E-state index contributed by atoms with van der Waals surface area (Å²) in [5.41, 5.74) is 3.51. The molecule has 0 spiro atoms. The van der Waals surface area contributed by atoms with E-state index in [9.17, 15) is 0 Å². The van der Waals surface area contributed by atoms with E-state index in [1.165, 1.54) is 0 Å². The average molecular weight is 280 g/mol. The fourth-order valence-electron chi connectivity index (χ4n) is 2.15. The van der Waals surface area contributed by atoms with E-state index in [4.69, 9.17) is 5.84 Å². The second-order valence-electron chi connectivity index (χ2n) is 4.58. The van der Waals surface area contributed by atoms with Crippen molar-refractivity contribution < 1.29 is 0 Å². The number of nitrogens with zero attached hydrogens (tertiary/aromatic N) is 3. The number of nitrogen functional groups attached to an aromatic ring is 1. The SMILES string of the molecule is CCc1nc(NN)cc(Nc2cccc3ccncc23)n1. The first-order valence-electron chi connectivity index (χ1n) is 6.74. The van der Waals surface area contributed by atoms with Crippen LogP contribution >= 0.6 is 0 Å². The Labute approximate surface area is 122 Å². The molecule has 2 aromatic heterocycles. The van der Waals surface area contributed by atoms with Gasteiger partial charge in [-0.3, -0.25) is 4.98 Å². The smallest absolute Gasteiger partial charge is 0.145 e. The molecule has 106 valence electrons. The molecule has 6 nitrogen and oxygen atoms in total. The Bertz CT molecular complexity index is 743. The van der Waals surface area contributed by atoms with Crippen molar-refractivity contribution in [1.82, 2.24) is 15.0 Å². The fourth-order valence-corrected chi connectivity index (χ4v) is 2.15. The third-order valence-electron chi connectivity index (χ3n) is 3.18. The first-order valence-corrected chi connectivity index (χ1v) is 6.74. The number of aromatic nitrogens is 3. The summed E-state index contributed by atoms with van der Waals surface area (Å²) in [6, 6.07) is 9.79. The van der Waals surface area contributed by atoms with Crippen molar-refractivity contribution in [2.75, 3.05) is 10.7 Å². The Kier molecular flexibility index (Phi) is 3.61. The normalized spacial score (nSPS) is 10.6. The standard InChI is InChI=1S/C15H16N6/c1-2-13-19-14(8-15(20-13)21-16)18-12-5-3-4-10-6-7-17-9-11(10)12/h3-9H,2,16H2,1H3,(H2,18,19,20,21). The third kappa shape index (κ3) is 2.75. The molecule has 0 radical (unpaired) electrons. The molecule has 0 saturated heterocycles. The summed E-state index contributed by atoms with van der Waals surface area (Å²) in [4.78, 5) is 12.9. The lowest BCUT2D eigenvalue weighted by Crippen LogP contribution is -2.11. The molecule has 4 N–H and O–H groups in total. The Morgan fingerprint density at radius 3 is 2.81 bits per heavy atom. The molecule has 0 saturated carbocycles. The van der Waals surface area contributed by atoms with Gasteiger partial charge in [-0.05, 0) is 17.5 Å². The number of anilines is 3. The van der Waals surface area contributed by atoms with Crippen molar-refractivity contribution in [3.8, 4) is 0 Å². The molecule has 0 atom stereocenters. The van der Waals surface area contributed by atoms with Crippen LogP contribution in [0.25, 0.3) is 10.8 Å². The minimum atomic E-state index is 0.586. The van der Waals surface area contributed by atoms with Crippen LogP contribution in [0, 0.1) is 0 Å². The van der Waals surface area contributed by atoms with Gasteiger partial charge in [0.1, 0.15) is 17.5 Å². The van der Waals surface area contributed by atoms with Gasteiger partial charge in [-0.25, -0.2) is 15.8 Å². The Balaban J connectivity index is 2.02. The minimum Gasteiger partial charge on any atom is -0.340 e. The van der Waals surface area contributed by atoms with E-state index in [1.807, 2.05) is 37.4 Å². The molecule has 0 aliphatic carbocycles. The van der Waals surface area contributed by atoms with Crippen molar-refractivity contribution in [2.45, 2.75) is 13.3 Å². The summed E-state index contributed by atoms with van der Waals surface area (Å²) in [6.07, 6.45) is 4.35. The number of nitrogens with two attached hydrogens (primary N) is 1. The zero-order chi connectivity index (χ0) is 14.7. The van der Waals surface area contributed by atoms with Gasteiger partial charge in [0.25, 0.3) is 0 Å². The number of hydrogen-bond donors (Lipinski definition) is 3. The van der Waals surface area contributed by atoms with E-state index in [-0.39, 0.29) is 0 Å². The second kappa shape index (κ2) is 5.72. The molecular formula is C15H16N6. The lowest BCUT2D eigenvalue weighted by atomic mass is 10.1. The average Bonchev–Trinajstić information content (AvgIpc) is 2.55. The van der Waals surface area contributed by atoms with Gasteiger partial charge in [0.05, 0.1) is 0 Å². The van der Waals surface area contributed by atoms with Gasteiger partial charge in [0.2, 0.25) is 0 Å². The van der Waals surface area contributed by atoms with Gasteiger partial charge in [-0.1, -0.05) is 19.1 Å². The largest absolute Gasteiger partial charge is 0.340 e. The molecule has 0 unspecified atom stereocenters. The topological polar surface area (TPSA) is 88.8 Å². The minimum absolute atomic E-state index is 0.586. The summed E-state index contributed by atoms with van der Waals surface area (Å²) in [6.45, 7) is 2.00.